The third-order valence-electron chi connectivity index (χ3n) is 3.22. The minimum Gasteiger partial charge on any atom is -0.480 e. The number of amides is 2. The Morgan fingerprint density at radius 2 is 2.18 bits per heavy atom. The van der Waals surface area contributed by atoms with Gasteiger partial charge in [-0.2, -0.15) is 0 Å². The molecule has 1 N–H and O–H groups in total. The zero-order chi connectivity index (χ0) is 13.0. The van der Waals surface area contributed by atoms with E-state index in [2.05, 4.69) is 0 Å². The lowest BCUT2D eigenvalue weighted by Gasteiger charge is -2.35. The number of rotatable bonds is 3. The van der Waals surface area contributed by atoms with Crippen LogP contribution < -0.4 is 0 Å². The van der Waals surface area contributed by atoms with Gasteiger partial charge in [0.05, 0.1) is 6.10 Å². The van der Waals surface area contributed by atoms with Crippen LogP contribution in [0.4, 0.5) is 4.79 Å². The summed E-state index contributed by atoms with van der Waals surface area (Å²) in [5.74, 6) is -0.999. The summed E-state index contributed by atoms with van der Waals surface area (Å²) in [5, 5.41) is 8.86. The molecule has 0 aromatic rings. The molecule has 0 aromatic heterocycles. The van der Waals surface area contributed by atoms with Crippen LogP contribution in [0.25, 0.3) is 0 Å². The van der Waals surface area contributed by atoms with Crippen molar-refractivity contribution in [3.8, 4) is 0 Å². The van der Waals surface area contributed by atoms with E-state index in [1.165, 1.54) is 18.9 Å². The van der Waals surface area contributed by atoms with Gasteiger partial charge in [0.25, 0.3) is 0 Å². The number of carboxylic acids is 1. The number of carbonyl (C=O) groups is 2. The molecule has 1 rings (SSSR count). The van der Waals surface area contributed by atoms with E-state index in [-0.39, 0.29) is 12.1 Å². The van der Waals surface area contributed by atoms with Crippen molar-refractivity contribution in [1.29, 1.82) is 0 Å². The predicted molar refractivity (Wildman–Crippen MR) is 61.9 cm³/mol. The molecule has 0 spiro atoms. The lowest BCUT2D eigenvalue weighted by molar-refractivity contribution is -0.141. The second-order valence-corrected chi connectivity index (χ2v) is 4.35. The van der Waals surface area contributed by atoms with Gasteiger partial charge in [-0.25, -0.2) is 9.59 Å². The molecule has 0 saturated carbocycles. The zero-order valence-corrected chi connectivity index (χ0v) is 10.5. The lowest BCUT2D eigenvalue weighted by atomic mass is 10.1. The maximum Gasteiger partial charge on any atom is 0.326 e. The maximum absolute atomic E-state index is 12.0. The standard InChI is InChI=1S/C11H20N2O4/c1-8(10(14)15)12(2)11(16)13-6-4-5-9(7-13)17-3/h8-9H,4-7H2,1-3H3,(H,14,15). The van der Waals surface area contributed by atoms with Crippen molar-refractivity contribution >= 4 is 12.0 Å². The molecule has 2 atom stereocenters. The summed E-state index contributed by atoms with van der Waals surface area (Å²) in [5.41, 5.74) is 0. The van der Waals surface area contributed by atoms with Crippen LogP contribution in [0.15, 0.2) is 0 Å². The van der Waals surface area contributed by atoms with Crippen LogP contribution in [0, 0.1) is 0 Å². The SMILES string of the molecule is COC1CCCN(C(=O)N(C)C(C)C(=O)O)C1. The van der Waals surface area contributed by atoms with Crippen molar-refractivity contribution in [3.05, 3.63) is 0 Å². The van der Waals surface area contributed by atoms with Crippen molar-refractivity contribution < 1.29 is 19.4 Å². The molecular weight excluding hydrogens is 224 g/mol. The molecule has 0 aromatic carbocycles. The number of likely N-dealkylation sites (N-methyl/N-ethyl adjacent to an activating group) is 1. The number of ether oxygens (including phenoxy) is 1. The quantitative estimate of drug-likeness (QED) is 0.790. The Hall–Kier alpha value is -1.30. The van der Waals surface area contributed by atoms with Crippen molar-refractivity contribution in [1.82, 2.24) is 9.80 Å². The Bertz CT molecular complexity index is 295. The molecule has 1 aliphatic heterocycles. The van der Waals surface area contributed by atoms with Crippen LogP contribution in [-0.4, -0.2) is 66.3 Å². The molecule has 2 amide bonds. The van der Waals surface area contributed by atoms with Gasteiger partial charge in [-0.3, -0.25) is 0 Å². The van der Waals surface area contributed by atoms with Crippen molar-refractivity contribution in [2.45, 2.75) is 31.9 Å². The molecule has 1 fully saturated rings. The average Bonchev–Trinajstić information content (AvgIpc) is 2.36. The third-order valence-corrected chi connectivity index (χ3v) is 3.22. The summed E-state index contributed by atoms with van der Waals surface area (Å²) >= 11 is 0. The summed E-state index contributed by atoms with van der Waals surface area (Å²) in [6, 6.07) is -1.06. The average molecular weight is 244 g/mol. The number of piperidine rings is 1. The van der Waals surface area contributed by atoms with E-state index in [9.17, 15) is 9.59 Å². The maximum atomic E-state index is 12.0. The van der Waals surface area contributed by atoms with Crippen LogP contribution in [0.5, 0.6) is 0 Å². The molecular formula is C11H20N2O4. The van der Waals surface area contributed by atoms with Gasteiger partial charge in [-0.15, -0.1) is 0 Å². The third kappa shape index (κ3) is 3.33. The summed E-state index contributed by atoms with van der Waals surface area (Å²) in [7, 11) is 3.14. The Kier molecular flexibility index (Phi) is 4.74. The fourth-order valence-corrected chi connectivity index (χ4v) is 1.86. The van der Waals surface area contributed by atoms with Crippen LogP contribution in [0.3, 0.4) is 0 Å². The minimum atomic E-state index is -0.999. The zero-order valence-electron chi connectivity index (χ0n) is 10.5. The molecule has 0 radical (unpaired) electrons. The van der Waals surface area contributed by atoms with Crippen LogP contribution in [0.1, 0.15) is 19.8 Å². The monoisotopic (exact) mass is 244 g/mol. The number of urea groups is 1. The predicted octanol–water partition coefficient (Wildman–Crippen LogP) is 0.622. The normalized spacial score (nSPS) is 22.1. The highest BCUT2D eigenvalue weighted by atomic mass is 16.5. The minimum absolute atomic E-state index is 0.0567. The molecule has 1 heterocycles. The second-order valence-electron chi connectivity index (χ2n) is 4.35. The first-order valence-electron chi connectivity index (χ1n) is 5.74. The van der Waals surface area contributed by atoms with Gasteiger partial charge in [0, 0.05) is 27.2 Å². The highest BCUT2D eigenvalue weighted by Crippen LogP contribution is 2.14. The van der Waals surface area contributed by atoms with Gasteiger partial charge < -0.3 is 19.6 Å². The molecule has 2 unspecified atom stereocenters. The Morgan fingerprint density at radius 1 is 1.53 bits per heavy atom. The number of hydrogen-bond donors (Lipinski definition) is 1. The summed E-state index contributed by atoms with van der Waals surface area (Å²) in [4.78, 5) is 25.8. The van der Waals surface area contributed by atoms with E-state index in [0.29, 0.717) is 13.1 Å². The van der Waals surface area contributed by atoms with Gasteiger partial charge in [0.15, 0.2) is 0 Å². The van der Waals surface area contributed by atoms with E-state index in [4.69, 9.17) is 9.84 Å². The van der Waals surface area contributed by atoms with E-state index in [1.807, 2.05) is 0 Å². The Balaban J connectivity index is 2.59. The van der Waals surface area contributed by atoms with Crippen molar-refractivity contribution in [2.24, 2.45) is 0 Å². The number of methoxy groups -OCH3 is 1. The highest BCUT2D eigenvalue weighted by Gasteiger charge is 2.29. The smallest absolute Gasteiger partial charge is 0.326 e. The van der Waals surface area contributed by atoms with Crippen LogP contribution in [-0.2, 0) is 9.53 Å². The Morgan fingerprint density at radius 3 is 2.71 bits per heavy atom. The lowest BCUT2D eigenvalue weighted by Crippen LogP contribution is -2.51. The molecule has 6 nitrogen and oxygen atoms in total. The topological polar surface area (TPSA) is 70.1 Å². The number of carboxylic acid groups (broad SMARTS) is 1. The van der Waals surface area contributed by atoms with Crippen molar-refractivity contribution in [2.75, 3.05) is 27.2 Å². The highest BCUT2D eigenvalue weighted by molar-refractivity contribution is 5.82. The van der Waals surface area contributed by atoms with Crippen LogP contribution in [0.2, 0.25) is 0 Å². The summed E-state index contributed by atoms with van der Waals surface area (Å²) in [6.07, 6.45) is 1.89. The number of carbonyl (C=O) groups excluding carboxylic acids is 1. The first-order valence-corrected chi connectivity index (χ1v) is 5.74. The molecule has 17 heavy (non-hydrogen) atoms. The van der Waals surface area contributed by atoms with E-state index in [0.717, 1.165) is 12.8 Å². The molecule has 0 aliphatic carbocycles. The first kappa shape index (κ1) is 13.8. The van der Waals surface area contributed by atoms with E-state index in [1.54, 1.807) is 12.0 Å². The first-order chi connectivity index (χ1) is 7.97. The molecule has 1 saturated heterocycles. The van der Waals surface area contributed by atoms with E-state index < -0.39 is 12.0 Å². The number of nitrogens with zero attached hydrogens (tertiary/aromatic N) is 2. The second kappa shape index (κ2) is 5.86. The molecule has 1 aliphatic rings. The van der Waals surface area contributed by atoms with Gasteiger partial charge in [0.1, 0.15) is 6.04 Å². The number of likely N-dealkylation sites (tertiary alicyclic amines) is 1. The van der Waals surface area contributed by atoms with Gasteiger partial charge in [-0.05, 0) is 19.8 Å². The van der Waals surface area contributed by atoms with Crippen LogP contribution >= 0.6 is 0 Å². The van der Waals surface area contributed by atoms with Gasteiger partial charge in [-0.1, -0.05) is 0 Å². The number of hydrogen-bond acceptors (Lipinski definition) is 3. The van der Waals surface area contributed by atoms with Crippen molar-refractivity contribution in [3.63, 3.8) is 0 Å². The fraction of sp³-hybridized carbons (Fsp3) is 0.818. The Labute approximate surface area is 101 Å². The molecule has 6 heteroatoms. The van der Waals surface area contributed by atoms with Gasteiger partial charge in [0.2, 0.25) is 0 Å². The van der Waals surface area contributed by atoms with E-state index >= 15 is 0 Å². The summed E-state index contributed by atoms with van der Waals surface area (Å²) < 4.78 is 5.23. The fourth-order valence-electron chi connectivity index (χ4n) is 1.86. The molecule has 98 valence electrons. The largest absolute Gasteiger partial charge is 0.480 e. The number of aliphatic carboxylic acids is 1. The van der Waals surface area contributed by atoms with Gasteiger partial charge >= 0.3 is 12.0 Å². The summed E-state index contributed by atoms with van der Waals surface area (Å²) in [6.45, 7) is 2.69. The molecule has 0 bridgehead atoms.